The molecule has 3 amide bonds. The fourth-order valence-electron chi connectivity index (χ4n) is 3.96. The molecule has 1 aromatic carbocycles. The van der Waals surface area contributed by atoms with Gasteiger partial charge in [0.15, 0.2) is 0 Å². The Morgan fingerprint density at radius 1 is 1.29 bits per heavy atom. The fourth-order valence-corrected chi connectivity index (χ4v) is 3.96. The number of nitrogens with zero attached hydrogens (tertiary/aromatic N) is 2. The van der Waals surface area contributed by atoms with Crippen LogP contribution in [-0.4, -0.2) is 72.9 Å². The minimum Gasteiger partial charge on any atom is -0.488 e. The first-order valence-corrected chi connectivity index (χ1v) is 10.8. The molecule has 0 aromatic heterocycles. The van der Waals surface area contributed by atoms with Gasteiger partial charge in [-0.05, 0) is 43.8 Å². The molecule has 0 radical (unpaired) electrons. The third-order valence-electron chi connectivity index (χ3n) is 5.82. The maximum absolute atomic E-state index is 13.4. The fraction of sp³-hybridized carbons (Fsp3) is 0.522. The van der Waals surface area contributed by atoms with Crippen molar-refractivity contribution >= 4 is 23.8 Å². The van der Waals surface area contributed by atoms with Gasteiger partial charge in [-0.2, -0.15) is 0 Å². The lowest BCUT2D eigenvalue weighted by molar-refractivity contribution is -0.141. The number of rotatable bonds is 4. The van der Waals surface area contributed by atoms with E-state index >= 15 is 0 Å². The number of fused-ring (bicyclic) bond motifs is 3. The molecule has 0 aliphatic carbocycles. The number of carbonyl (C=O) groups excluding carboxylic acids is 3. The van der Waals surface area contributed by atoms with E-state index in [4.69, 9.17) is 4.74 Å². The van der Waals surface area contributed by atoms with Crippen LogP contribution in [0.2, 0.25) is 0 Å². The van der Waals surface area contributed by atoms with E-state index in [0.717, 1.165) is 12.0 Å². The van der Waals surface area contributed by atoms with Crippen LogP contribution in [0.25, 0.3) is 6.08 Å². The molecule has 31 heavy (non-hydrogen) atoms. The zero-order chi connectivity index (χ0) is 22.5. The smallest absolute Gasteiger partial charge is 0.247 e. The van der Waals surface area contributed by atoms with Gasteiger partial charge >= 0.3 is 0 Å². The van der Waals surface area contributed by atoms with Crippen LogP contribution in [0, 0.1) is 5.92 Å². The van der Waals surface area contributed by atoms with E-state index in [2.05, 4.69) is 10.6 Å². The standard InChI is InChI=1S/C23H32N4O4/c1-5-15(2)20-22(29)24-11-9-16-7-6-8-17(13-16)31-18-10-12-27(19(28)14-26(3)4)21(18)23(30)25-20/h6-9,11,13,15,18,20-21H,5,10,12,14H2,1-4H3,(H,24,29)(H,25,30)/t15-,18-,20-,21+/m0/s1. The van der Waals surface area contributed by atoms with E-state index in [9.17, 15) is 14.4 Å². The summed E-state index contributed by atoms with van der Waals surface area (Å²) >= 11 is 0. The van der Waals surface area contributed by atoms with Crippen LogP contribution in [-0.2, 0) is 14.4 Å². The Balaban J connectivity index is 1.98. The van der Waals surface area contributed by atoms with Gasteiger partial charge < -0.3 is 25.2 Å². The summed E-state index contributed by atoms with van der Waals surface area (Å²) in [5.74, 6) is -0.239. The molecule has 8 heteroatoms. The molecule has 2 N–H and O–H groups in total. The van der Waals surface area contributed by atoms with Gasteiger partial charge in [0, 0.05) is 19.2 Å². The first-order chi connectivity index (χ1) is 14.8. The van der Waals surface area contributed by atoms with Crippen molar-refractivity contribution in [1.82, 2.24) is 20.4 Å². The first kappa shape index (κ1) is 22.8. The second-order valence-electron chi connectivity index (χ2n) is 8.50. The van der Waals surface area contributed by atoms with Crippen molar-refractivity contribution in [2.75, 3.05) is 27.2 Å². The number of ether oxygens (including phenoxy) is 1. The van der Waals surface area contributed by atoms with E-state index < -0.39 is 18.2 Å². The van der Waals surface area contributed by atoms with Crippen LogP contribution < -0.4 is 15.4 Å². The maximum atomic E-state index is 13.4. The zero-order valence-corrected chi connectivity index (χ0v) is 18.6. The minimum atomic E-state index is -0.802. The predicted octanol–water partition coefficient (Wildman–Crippen LogP) is 1.23. The number of hydrogen-bond donors (Lipinski definition) is 2. The average Bonchev–Trinajstić information content (AvgIpc) is 3.14. The lowest BCUT2D eigenvalue weighted by Gasteiger charge is -2.31. The quantitative estimate of drug-likeness (QED) is 0.753. The summed E-state index contributed by atoms with van der Waals surface area (Å²) in [6.07, 6.45) is 4.13. The highest BCUT2D eigenvalue weighted by atomic mass is 16.5. The topological polar surface area (TPSA) is 91.0 Å². The molecule has 0 unspecified atom stereocenters. The molecule has 3 rings (SSSR count). The Hall–Kier alpha value is -2.87. The molecule has 1 aromatic rings. The molecule has 1 saturated heterocycles. The van der Waals surface area contributed by atoms with Crippen molar-refractivity contribution in [3.8, 4) is 5.75 Å². The maximum Gasteiger partial charge on any atom is 0.247 e. The van der Waals surface area contributed by atoms with Crippen LogP contribution in [0.3, 0.4) is 0 Å². The predicted molar refractivity (Wildman–Crippen MR) is 118 cm³/mol. The Morgan fingerprint density at radius 3 is 2.77 bits per heavy atom. The molecular formula is C23H32N4O4. The number of likely N-dealkylation sites (N-methyl/N-ethyl adjacent to an activating group) is 1. The number of hydrogen-bond acceptors (Lipinski definition) is 5. The summed E-state index contributed by atoms with van der Waals surface area (Å²) in [5, 5.41) is 5.67. The second kappa shape index (κ2) is 9.96. The van der Waals surface area contributed by atoms with E-state index in [0.29, 0.717) is 18.7 Å². The van der Waals surface area contributed by atoms with Gasteiger partial charge in [0.25, 0.3) is 0 Å². The minimum absolute atomic E-state index is 0.0739. The lowest BCUT2D eigenvalue weighted by atomic mass is 9.97. The van der Waals surface area contributed by atoms with Gasteiger partial charge in [-0.3, -0.25) is 14.4 Å². The lowest BCUT2D eigenvalue weighted by Crippen LogP contribution is -2.58. The Kier molecular flexibility index (Phi) is 7.33. The number of nitrogens with one attached hydrogen (secondary N) is 2. The van der Waals surface area contributed by atoms with Crippen LogP contribution in [0.1, 0.15) is 32.3 Å². The summed E-state index contributed by atoms with van der Waals surface area (Å²) in [6, 6.07) is 5.94. The monoisotopic (exact) mass is 428 g/mol. The third kappa shape index (κ3) is 5.44. The first-order valence-electron chi connectivity index (χ1n) is 10.8. The SMILES string of the molecule is CC[C@H](C)[C@@H]1NC(=O)[C@H]2[C@H](CCN2C(=O)CN(C)C)Oc2cccc(c2)C=CNC1=O. The van der Waals surface area contributed by atoms with Crippen LogP contribution in [0.4, 0.5) is 0 Å². The molecule has 2 aliphatic heterocycles. The second-order valence-corrected chi connectivity index (χ2v) is 8.50. The number of amides is 3. The number of likely N-dealkylation sites (tertiary alicyclic amines) is 1. The molecule has 2 aliphatic rings. The van der Waals surface area contributed by atoms with Gasteiger partial charge in [0.05, 0.1) is 6.54 Å². The van der Waals surface area contributed by atoms with E-state index in [1.54, 1.807) is 22.1 Å². The average molecular weight is 429 g/mol. The third-order valence-corrected chi connectivity index (χ3v) is 5.82. The molecule has 2 bridgehead atoms. The normalized spacial score (nSPS) is 24.8. The summed E-state index contributed by atoms with van der Waals surface area (Å²) in [7, 11) is 3.63. The molecule has 168 valence electrons. The van der Waals surface area contributed by atoms with Crippen molar-refractivity contribution in [3.63, 3.8) is 0 Å². The van der Waals surface area contributed by atoms with Gasteiger partial charge in [-0.15, -0.1) is 0 Å². The van der Waals surface area contributed by atoms with Crippen molar-refractivity contribution in [2.45, 2.75) is 44.9 Å². The number of benzene rings is 1. The van der Waals surface area contributed by atoms with Gasteiger partial charge in [-0.1, -0.05) is 32.4 Å². The van der Waals surface area contributed by atoms with Crippen LogP contribution >= 0.6 is 0 Å². The molecule has 0 spiro atoms. The van der Waals surface area contributed by atoms with Crippen LogP contribution in [0.15, 0.2) is 30.5 Å². The summed E-state index contributed by atoms with van der Waals surface area (Å²) in [5.41, 5.74) is 0.867. The summed E-state index contributed by atoms with van der Waals surface area (Å²) in [4.78, 5) is 42.5. The highest BCUT2D eigenvalue weighted by Crippen LogP contribution is 2.26. The summed E-state index contributed by atoms with van der Waals surface area (Å²) in [6.45, 7) is 4.52. The highest BCUT2D eigenvalue weighted by Gasteiger charge is 2.44. The zero-order valence-electron chi connectivity index (χ0n) is 18.6. The van der Waals surface area contributed by atoms with E-state index in [1.807, 2.05) is 52.2 Å². The Morgan fingerprint density at radius 2 is 2.06 bits per heavy atom. The molecule has 2 heterocycles. The van der Waals surface area contributed by atoms with Crippen molar-refractivity contribution in [2.24, 2.45) is 5.92 Å². The van der Waals surface area contributed by atoms with Gasteiger partial charge in [0.2, 0.25) is 17.7 Å². The largest absolute Gasteiger partial charge is 0.488 e. The van der Waals surface area contributed by atoms with Gasteiger partial charge in [0.1, 0.15) is 23.9 Å². The molecule has 8 nitrogen and oxygen atoms in total. The Labute approximate surface area is 183 Å². The highest BCUT2D eigenvalue weighted by molar-refractivity contribution is 5.93. The number of carbonyl (C=O) groups is 3. The van der Waals surface area contributed by atoms with Crippen molar-refractivity contribution < 1.29 is 19.1 Å². The summed E-state index contributed by atoms with van der Waals surface area (Å²) < 4.78 is 6.19. The molecule has 1 fully saturated rings. The van der Waals surface area contributed by atoms with Gasteiger partial charge in [-0.25, -0.2) is 0 Å². The van der Waals surface area contributed by atoms with Crippen LogP contribution in [0.5, 0.6) is 5.75 Å². The molecule has 0 saturated carbocycles. The Bertz CT molecular complexity index is 854. The van der Waals surface area contributed by atoms with E-state index in [1.165, 1.54) is 0 Å². The van der Waals surface area contributed by atoms with Crippen molar-refractivity contribution in [3.05, 3.63) is 36.0 Å². The molecular weight excluding hydrogens is 396 g/mol. The van der Waals surface area contributed by atoms with Crippen molar-refractivity contribution in [1.29, 1.82) is 0 Å². The van der Waals surface area contributed by atoms with E-state index in [-0.39, 0.29) is 30.2 Å². The molecule has 4 atom stereocenters.